The van der Waals surface area contributed by atoms with Crippen LogP contribution in [0.25, 0.3) is 11.0 Å². The van der Waals surface area contributed by atoms with Gasteiger partial charge in [-0.25, -0.2) is 4.39 Å². The molecule has 0 saturated carbocycles. The highest BCUT2D eigenvalue weighted by Crippen LogP contribution is 2.38. The first-order valence-corrected chi connectivity index (χ1v) is 8.06. The van der Waals surface area contributed by atoms with Crippen LogP contribution in [0, 0.1) is 5.82 Å². The second kappa shape index (κ2) is 5.27. The number of carbonyl (C=O) groups is 1. The maximum absolute atomic E-state index is 14.3. The molecule has 4 nitrogen and oxygen atoms in total. The highest BCUT2D eigenvalue weighted by molar-refractivity contribution is 9.10. The van der Waals surface area contributed by atoms with E-state index >= 15 is 0 Å². The first-order chi connectivity index (χ1) is 11.5. The Bertz CT molecular complexity index is 1060. The molecule has 0 spiro atoms. The molecule has 2 aromatic carbocycles. The SMILES string of the molecule is CN1C(=O)c2oc3ccc(Br)cc3c(=O)c2C1c1ccccc1F. The van der Waals surface area contributed by atoms with Gasteiger partial charge in [0.2, 0.25) is 5.76 Å². The molecule has 0 bridgehead atoms. The number of fused-ring (bicyclic) bond motifs is 2. The number of hydrogen-bond acceptors (Lipinski definition) is 3. The van der Waals surface area contributed by atoms with Crippen molar-refractivity contribution in [3.05, 3.63) is 79.9 Å². The van der Waals surface area contributed by atoms with Crippen molar-refractivity contribution in [2.24, 2.45) is 0 Å². The van der Waals surface area contributed by atoms with Crippen molar-refractivity contribution in [2.75, 3.05) is 7.05 Å². The largest absolute Gasteiger partial charge is 0.450 e. The molecule has 1 amide bonds. The molecule has 1 aromatic heterocycles. The van der Waals surface area contributed by atoms with Gasteiger partial charge in [0.15, 0.2) is 5.43 Å². The minimum absolute atomic E-state index is 0.0226. The Labute approximate surface area is 144 Å². The molecule has 4 rings (SSSR count). The summed E-state index contributed by atoms with van der Waals surface area (Å²) in [5.74, 6) is -0.922. The lowest BCUT2D eigenvalue weighted by Crippen LogP contribution is -2.25. The smallest absolute Gasteiger partial charge is 0.290 e. The number of benzene rings is 2. The second-order valence-electron chi connectivity index (χ2n) is 5.65. The van der Waals surface area contributed by atoms with Gasteiger partial charge in [-0.1, -0.05) is 34.1 Å². The summed E-state index contributed by atoms with van der Waals surface area (Å²) in [6, 6.07) is 10.3. The quantitative estimate of drug-likeness (QED) is 0.636. The molecule has 0 aliphatic carbocycles. The maximum Gasteiger partial charge on any atom is 0.290 e. The van der Waals surface area contributed by atoms with Crippen LogP contribution in [0.4, 0.5) is 4.39 Å². The average molecular weight is 388 g/mol. The minimum atomic E-state index is -0.798. The molecule has 1 aliphatic heterocycles. The van der Waals surface area contributed by atoms with E-state index in [0.717, 1.165) is 4.47 Å². The van der Waals surface area contributed by atoms with Crippen molar-refractivity contribution in [1.29, 1.82) is 0 Å². The predicted molar refractivity (Wildman–Crippen MR) is 90.5 cm³/mol. The number of halogens is 2. The van der Waals surface area contributed by atoms with Gasteiger partial charge >= 0.3 is 0 Å². The Morgan fingerprint density at radius 1 is 1.17 bits per heavy atom. The van der Waals surface area contributed by atoms with Gasteiger partial charge in [0.1, 0.15) is 11.4 Å². The molecule has 0 fully saturated rings. The highest BCUT2D eigenvalue weighted by Gasteiger charge is 2.41. The van der Waals surface area contributed by atoms with Gasteiger partial charge in [0.05, 0.1) is 17.0 Å². The Morgan fingerprint density at radius 3 is 2.67 bits per heavy atom. The molecule has 1 atom stereocenters. The Hall–Kier alpha value is -2.47. The summed E-state index contributed by atoms with van der Waals surface area (Å²) in [7, 11) is 1.54. The van der Waals surface area contributed by atoms with Crippen LogP contribution in [0.3, 0.4) is 0 Å². The summed E-state index contributed by atoms with van der Waals surface area (Å²) in [5, 5.41) is 0.354. The zero-order chi connectivity index (χ0) is 17.0. The zero-order valence-corrected chi connectivity index (χ0v) is 14.1. The zero-order valence-electron chi connectivity index (χ0n) is 12.5. The molecule has 0 saturated heterocycles. The van der Waals surface area contributed by atoms with Crippen LogP contribution in [0.1, 0.15) is 27.7 Å². The summed E-state index contributed by atoms with van der Waals surface area (Å²) >= 11 is 3.32. The van der Waals surface area contributed by atoms with E-state index in [-0.39, 0.29) is 22.3 Å². The molecule has 3 aromatic rings. The van der Waals surface area contributed by atoms with Crippen molar-refractivity contribution in [3.63, 3.8) is 0 Å². The fraction of sp³-hybridized carbons (Fsp3) is 0.111. The topological polar surface area (TPSA) is 50.5 Å². The van der Waals surface area contributed by atoms with E-state index in [1.54, 1.807) is 36.4 Å². The van der Waals surface area contributed by atoms with Gasteiger partial charge in [0.25, 0.3) is 5.91 Å². The number of hydrogen-bond donors (Lipinski definition) is 0. The third kappa shape index (κ3) is 2.03. The van der Waals surface area contributed by atoms with E-state index in [0.29, 0.717) is 11.0 Å². The Balaban J connectivity index is 2.08. The monoisotopic (exact) mass is 387 g/mol. The van der Waals surface area contributed by atoms with Gasteiger partial charge in [-0.3, -0.25) is 9.59 Å². The van der Waals surface area contributed by atoms with Crippen LogP contribution in [0.5, 0.6) is 0 Å². The van der Waals surface area contributed by atoms with Crippen LogP contribution < -0.4 is 5.43 Å². The lowest BCUT2D eigenvalue weighted by Gasteiger charge is -2.20. The normalized spacial score (nSPS) is 16.7. The molecule has 2 heterocycles. The molecule has 6 heteroatoms. The van der Waals surface area contributed by atoms with Crippen molar-refractivity contribution in [1.82, 2.24) is 4.90 Å². The van der Waals surface area contributed by atoms with E-state index in [2.05, 4.69) is 15.9 Å². The van der Waals surface area contributed by atoms with Crippen molar-refractivity contribution in [2.45, 2.75) is 6.04 Å². The Morgan fingerprint density at radius 2 is 1.92 bits per heavy atom. The molecule has 24 heavy (non-hydrogen) atoms. The number of nitrogens with zero attached hydrogens (tertiary/aromatic N) is 1. The average Bonchev–Trinajstić information content (AvgIpc) is 2.81. The van der Waals surface area contributed by atoms with E-state index in [4.69, 9.17) is 4.42 Å². The number of amides is 1. The fourth-order valence-electron chi connectivity index (χ4n) is 3.12. The number of carbonyl (C=O) groups excluding carboxylic acids is 1. The van der Waals surface area contributed by atoms with Crippen LogP contribution in [-0.2, 0) is 0 Å². The van der Waals surface area contributed by atoms with Crippen LogP contribution in [0.2, 0.25) is 0 Å². The lowest BCUT2D eigenvalue weighted by atomic mass is 9.98. The van der Waals surface area contributed by atoms with E-state index in [1.807, 2.05) is 0 Å². The summed E-state index contributed by atoms with van der Waals surface area (Å²) in [6.07, 6.45) is 0. The fourth-order valence-corrected chi connectivity index (χ4v) is 3.48. The molecular formula is C18H11BrFNO3. The van der Waals surface area contributed by atoms with E-state index in [1.165, 1.54) is 18.0 Å². The predicted octanol–water partition coefficient (Wildman–Crippen LogP) is 3.87. The van der Waals surface area contributed by atoms with Gasteiger partial charge in [-0.05, 0) is 24.3 Å². The van der Waals surface area contributed by atoms with Crippen molar-refractivity contribution >= 4 is 32.8 Å². The molecular weight excluding hydrogens is 377 g/mol. The van der Waals surface area contributed by atoms with Crippen molar-refractivity contribution < 1.29 is 13.6 Å². The van der Waals surface area contributed by atoms with Gasteiger partial charge in [-0.2, -0.15) is 0 Å². The highest BCUT2D eigenvalue weighted by atomic mass is 79.9. The van der Waals surface area contributed by atoms with Gasteiger partial charge in [-0.15, -0.1) is 0 Å². The third-order valence-electron chi connectivity index (χ3n) is 4.26. The van der Waals surface area contributed by atoms with Crippen LogP contribution in [0.15, 0.2) is 56.1 Å². The lowest BCUT2D eigenvalue weighted by molar-refractivity contribution is 0.0770. The van der Waals surface area contributed by atoms with Crippen molar-refractivity contribution in [3.8, 4) is 0 Å². The molecule has 0 N–H and O–H groups in total. The van der Waals surface area contributed by atoms with E-state index < -0.39 is 17.8 Å². The molecule has 120 valence electrons. The summed E-state index contributed by atoms with van der Waals surface area (Å²) < 4.78 is 20.7. The summed E-state index contributed by atoms with van der Waals surface area (Å²) in [6.45, 7) is 0. The van der Waals surface area contributed by atoms with E-state index in [9.17, 15) is 14.0 Å². The summed E-state index contributed by atoms with van der Waals surface area (Å²) in [5.41, 5.74) is 0.461. The Kier molecular flexibility index (Phi) is 3.31. The molecule has 1 aliphatic rings. The number of rotatable bonds is 1. The first kappa shape index (κ1) is 15.1. The molecule has 0 radical (unpaired) electrons. The van der Waals surface area contributed by atoms with Crippen LogP contribution in [-0.4, -0.2) is 17.9 Å². The third-order valence-corrected chi connectivity index (χ3v) is 4.76. The standard InChI is InChI=1S/C18H11BrFNO3/c1-21-15(10-4-2-3-5-12(10)20)14-16(22)11-8-9(19)6-7-13(11)24-17(14)18(21)23/h2-8,15H,1H3. The maximum atomic E-state index is 14.3. The van der Waals surface area contributed by atoms with Gasteiger partial charge < -0.3 is 9.32 Å². The van der Waals surface area contributed by atoms with Crippen LogP contribution >= 0.6 is 15.9 Å². The molecule has 1 unspecified atom stereocenters. The minimum Gasteiger partial charge on any atom is -0.450 e. The second-order valence-corrected chi connectivity index (χ2v) is 6.57. The summed E-state index contributed by atoms with van der Waals surface area (Å²) in [4.78, 5) is 26.8. The van der Waals surface area contributed by atoms with Gasteiger partial charge in [0, 0.05) is 17.1 Å². The first-order valence-electron chi connectivity index (χ1n) is 7.27.